The topological polar surface area (TPSA) is 139 Å². The molecule has 0 saturated heterocycles. The van der Waals surface area contributed by atoms with Gasteiger partial charge in [-0.3, -0.25) is 19.2 Å². The van der Waals surface area contributed by atoms with E-state index >= 15 is 0 Å². The van der Waals surface area contributed by atoms with Crippen LogP contribution in [0.4, 0.5) is 0 Å². The average molecular weight is 312 g/mol. The molecule has 8 heteroatoms. The molecule has 0 aliphatic rings. The Bertz CT molecular complexity index is 469. The first-order valence-electron chi connectivity index (χ1n) is 6.30. The van der Waals surface area contributed by atoms with E-state index in [1.54, 1.807) is 0 Å². The van der Waals surface area contributed by atoms with Gasteiger partial charge in [-0.2, -0.15) is 0 Å². The van der Waals surface area contributed by atoms with Crippen molar-refractivity contribution >= 4 is 23.8 Å². The van der Waals surface area contributed by atoms with Crippen molar-refractivity contribution in [1.82, 2.24) is 0 Å². The number of hydrogen-bond acceptors (Lipinski definition) is 6. The van der Waals surface area contributed by atoms with Crippen LogP contribution in [0.25, 0.3) is 0 Å². The van der Waals surface area contributed by atoms with Gasteiger partial charge in [0.1, 0.15) is 0 Å². The lowest BCUT2D eigenvalue weighted by atomic mass is 9.75. The molecule has 0 aliphatic heterocycles. The molecule has 2 atom stereocenters. The number of ether oxygens (including phenoxy) is 2. The lowest BCUT2D eigenvalue weighted by Crippen LogP contribution is -2.70. The van der Waals surface area contributed by atoms with Crippen LogP contribution in [0.1, 0.15) is 26.7 Å². The van der Waals surface area contributed by atoms with E-state index in [0.29, 0.717) is 0 Å². The molecule has 0 heterocycles. The van der Waals surface area contributed by atoms with Crippen LogP contribution >= 0.6 is 0 Å². The Morgan fingerprint density at radius 2 is 1.14 bits per heavy atom. The molecule has 0 aliphatic carbocycles. The number of rotatable bonds is 9. The molecule has 0 aromatic carbocycles. The molecule has 0 spiro atoms. The molecule has 0 aromatic rings. The summed E-state index contributed by atoms with van der Waals surface area (Å²) in [5.41, 5.74) is 6.02. The van der Waals surface area contributed by atoms with Crippen molar-refractivity contribution in [2.24, 2.45) is 11.5 Å². The Labute approximate surface area is 128 Å². The Morgan fingerprint density at radius 1 is 0.864 bits per heavy atom. The zero-order chi connectivity index (χ0) is 17.6. The zero-order valence-electron chi connectivity index (χ0n) is 12.6. The minimum Gasteiger partial charge on any atom is -0.444 e. The van der Waals surface area contributed by atoms with Crippen LogP contribution in [-0.4, -0.2) is 35.0 Å². The van der Waals surface area contributed by atoms with Crippen molar-refractivity contribution in [2.45, 2.75) is 37.9 Å². The van der Waals surface area contributed by atoms with E-state index in [0.717, 1.165) is 13.8 Å². The predicted molar refractivity (Wildman–Crippen MR) is 77.0 cm³/mol. The third-order valence-corrected chi connectivity index (χ3v) is 2.95. The predicted octanol–water partition coefficient (Wildman–Crippen LogP) is -0.287. The largest absolute Gasteiger partial charge is 0.444 e. The van der Waals surface area contributed by atoms with Crippen LogP contribution in [0.2, 0.25) is 0 Å². The van der Waals surface area contributed by atoms with E-state index in [-0.39, 0.29) is 12.8 Å². The van der Waals surface area contributed by atoms with Gasteiger partial charge in [-0.25, -0.2) is 0 Å². The van der Waals surface area contributed by atoms with Crippen LogP contribution in [0, 0.1) is 0 Å². The fourth-order valence-electron chi connectivity index (χ4n) is 2.17. The summed E-state index contributed by atoms with van der Waals surface area (Å²) in [7, 11) is 0. The van der Waals surface area contributed by atoms with Gasteiger partial charge in [0.2, 0.25) is 11.2 Å². The molecule has 0 radical (unpaired) electrons. The van der Waals surface area contributed by atoms with Gasteiger partial charge >= 0.3 is 11.9 Å². The van der Waals surface area contributed by atoms with Crippen molar-refractivity contribution in [2.75, 3.05) is 0 Å². The van der Waals surface area contributed by atoms with Gasteiger partial charge < -0.3 is 20.9 Å². The van der Waals surface area contributed by atoms with E-state index < -0.39 is 35.0 Å². The average Bonchev–Trinajstić information content (AvgIpc) is 2.35. The fourth-order valence-corrected chi connectivity index (χ4v) is 2.17. The molecule has 122 valence electrons. The maximum absolute atomic E-state index is 12.0. The van der Waals surface area contributed by atoms with Crippen LogP contribution in [0.5, 0.6) is 0 Å². The summed E-state index contributed by atoms with van der Waals surface area (Å²) in [6, 6.07) is 0. The summed E-state index contributed by atoms with van der Waals surface area (Å²) in [4.78, 5) is 46.9. The highest BCUT2D eigenvalue weighted by Crippen LogP contribution is 2.37. The number of hydrogen-bond donors (Lipinski definition) is 2. The zero-order valence-corrected chi connectivity index (χ0v) is 12.6. The van der Waals surface area contributed by atoms with Gasteiger partial charge in [0.15, 0.2) is 0 Å². The monoisotopic (exact) mass is 312 g/mol. The number of esters is 2. The maximum Gasteiger partial charge on any atom is 0.303 e. The molecule has 2 unspecified atom stereocenters. The molecule has 0 bridgehead atoms. The molecule has 4 N–H and O–H groups in total. The first kappa shape index (κ1) is 19.4. The lowest BCUT2D eigenvalue weighted by Gasteiger charge is -2.43. The van der Waals surface area contributed by atoms with Gasteiger partial charge in [0.05, 0.1) is 0 Å². The second kappa shape index (κ2) is 7.39. The standard InChI is InChI=1S/C14H20N2O6/c1-5-7-13(11(15)19,21-9(3)17)14(8-6-2,12(16)20)22-10(4)18/h5-6H,1-2,7-8H2,3-4H3,(H2,15,19)(H2,16,20). The highest BCUT2D eigenvalue weighted by Gasteiger charge is 2.64. The third-order valence-electron chi connectivity index (χ3n) is 2.95. The van der Waals surface area contributed by atoms with Gasteiger partial charge in [-0.15, -0.1) is 13.2 Å². The summed E-state index contributed by atoms with van der Waals surface area (Å²) in [5.74, 6) is -4.24. The Kier molecular flexibility index (Phi) is 6.50. The fraction of sp³-hybridized carbons (Fsp3) is 0.429. The Hall–Kier alpha value is -2.64. The number of carbonyl (C=O) groups excluding carboxylic acids is 4. The van der Waals surface area contributed by atoms with Gasteiger partial charge in [0.25, 0.3) is 11.8 Å². The highest BCUT2D eigenvalue weighted by atomic mass is 16.6. The molecular formula is C14H20N2O6. The molecule has 2 amide bonds. The van der Waals surface area contributed by atoms with Crippen LogP contribution in [0.15, 0.2) is 25.3 Å². The van der Waals surface area contributed by atoms with E-state index in [4.69, 9.17) is 20.9 Å². The first-order valence-corrected chi connectivity index (χ1v) is 6.30. The summed E-state index contributed by atoms with van der Waals surface area (Å²) < 4.78 is 10.0. The minimum absolute atomic E-state index is 0.383. The number of carbonyl (C=O) groups is 4. The number of nitrogens with two attached hydrogens (primary N) is 2. The summed E-state index contributed by atoms with van der Waals surface area (Å²) in [5, 5.41) is 0. The normalized spacial score (nSPS) is 15.5. The lowest BCUT2D eigenvalue weighted by molar-refractivity contribution is -0.210. The van der Waals surface area contributed by atoms with Crippen LogP contribution < -0.4 is 11.5 Å². The van der Waals surface area contributed by atoms with Crippen LogP contribution in [-0.2, 0) is 28.7 Å². The van der Waals surface area contributed by atoms with E-state index in [1.165, 1.54) is 12.2 Å². The molecular weight excluding hydrogens is 292 g/mol. The number of primary amides is 2. The van der Waals surface area contributed by atoms with Crippen molar-refractivity contribution < 1.29 is 28.7 Å². The molecule has 0 aromatic heterocycles. The summed E-state index contributed by atoms with van der Waals surface area (Å²) in [6.07, 6.45) is 1.62. The Balaban J connectivity index is 6.56. The quantitative estimate of drug-likeness (QED) is 0.443. The third kappa shape index (κ3) is 3.51. The van der Waals surface area contributed by atoms with Crippen LogP contribution in [0.3, 0.4) is 0 Å². The summed E-state index contributed by atoms with van der Waals surface area (Å²) in [6.45, 7) is 8.88. The highest BCUT2D eigenvalue weighted by molar-refractivity contribution is 5.99. The molecule has 22 heavy (non-hydrogen) atoms. The summed E-state index contributed by atoms with van der Waals surface area (Å²) >= 11 is 0. The second-order valence-corrected chi connectivity index (χ2v) is 4.56. The SMILES string of the molecule is C=CCC(OC(C)=O)(C(N)=O)C(CC=C)(OC(C)=O)C(N)=O. The van der Waals surface area contributed by atoms with Crippen molar-refractivity contribution in [3.05, 3.63) is 25.3 Å². The van der Waals surface area contributed by atoms with Crippen molar-refractivity contribution in [3.63, 3.8) is 0 Å². The molecule has 0 saturated carbocycles. The molecule has 8 nitrogen and oxygen atoms in total. The minimum atomic E-state index is -2.33. The molecule has 0 rings (SSSR count). The van der Waals surface area contributed by atoms with Crippen molar-refractivity contribution in [3.8, 4) is 0 Å². The van der Waals surface area contributed by atoms with E-state index in [2.05, 4.69) is 13.2 Å². The van der Waals surface area contributed by atoms with Gasteiger partial charge in [-0.1, -0.05) is 12.2 Å². The maximum atomic E-state index is 12.0. The van der Waals surface area contributed by atoms with E-state index in [9.17, 15) is 19.2 Å². The van der Waals surface area contributed by atoms with Crippen molar-refractivity contribution in [1.29, 1.82) is 0 Å². The second-order valence-electron chi connectivity index (χ2n) is 4.56. The van der Waals surface area contributed by atoms with Gasteiger partial charge in [-0.05, 0) is 0 Å². The smallest absolute Gasteiger partial charge is 0.303 e. The molecule has 0 fully saturated rings. The van der Waals surface area contributed by atoms with Gasteiger partial charge in [0, 0.05) is 26.7 Å². The Morgan fingerprint density at radius 3 is 1.27 bits per heavy atom. The number of amides is 2. The first-order chi connectivity index (χ1) is 10.1. The van der Waals surface area contributed by atoms with E-state index in [1.807, 2.05) is 0 Å².